The third kappa shape index (κ3) is 4.14. The Bertz CT molecular complexity index is 1360. The summed E-state index contributed by atoms with van der Waals surface area (Å²) < 4.78 is 1.93. The van der Waals surface area contributed by atoms with Crippen LogP contribution in [0.4, 0.5) is 0 Å². The van der Waals surface area contributed by atoms with Gasteiger partial charge in [0.2, 0.25) is 0 Å². The van der Waals surface area contributed by atoms with Crippen LogP contribution >= 0.6 is 0 Å². The average molecular weight is 419 g/mol. The molecule has 0 saturated carbocycles. The summed E-state index contributed by atoms with van der Waals surface area (Å²) in [6.07, 6.45) is 3.72. The summed E-state index contributed by atoms with van der Waals surface area (Å²) in [5.74, 6) is -0.149. The molecule has 0 fully saturated rings. The highest BCUT2D eigenvalue weighted by Gasteiger charge is 2.15. The lowest BCUT2D eigenvalue weighted by Crippen LogP contribution is -2.23. The number of benzene rings is 3. The van der Waals surface area contributed by atoms with Gasteiger partial charge in [-0.3, -0.25) is 14.5 Å². The molecule has 5 aromatic rings. The van der Waals surface area contributed by atoms with Crippen LogP contribution in [0.5, 0.6) is 0 Å². The maximum absolute atomic E-state index is 13.0. The molecule has 0 radical (unpaired) electrons. The van der Waals surface area contributed by atoms with Crippen molar-refractivity contribution in [3.63, 3.8) is 0 Å². The van der Waals surface area contributed by atoms with Crippen molar-refractivity contribution in [2.45, 2.75) is 13.1 Å². The highest BCUT2D eigenvalue weighted by Crippen LogP contribution is 2.23. The first-order valence-electron chi connectivity index (χ1n) is 10.6. The molecule has 0 atom stereocenters. The van der Waals surface area contributed by atoms with Gasteiger partial charge in [-0.25, -0.2) is 0 Å². The number of para-hydroxylation sites is 1. The minimum Gasteiger partial charge on any atom is -0.348 e. The molecule has 5 heteroatoms. The number of rotatable bonds is 6. The number of carbonyl (C=O) groups is 1. The zero-order valence-electron chi connectivity index (χ0n) is 17.5. The third-order valence-corrected chi connectivity index (χ3v) is 5.39. The predicted molar refractivity (Wildman–Crippen MR) is 126 cm³/mol. The highest BCUT2D eigenvalue weighted by atomic mass is 16.1. The van der Waals surface area contributed by atoms with E-state index in [1.807, 2.05) is 89.7 Å². The van der Waals surface area contributed by atoms with Crippen LogP contribution in [0.15, 0.2) is 103 Å². The van der Waals surface area contributed by atoms with Crippen LogP contribution in [0.25, 0.3) is 22.2 Å². The minimum atomic E-state index is -0.149. The molecule has 0 aliphatic rings. The van der Waals surface area contributed by atoms with E-state index in [4.69, 9.17) is 5.10 Å². The van der Waals surface area contributed by atoms with E-state index >= 15 is 0 Å². The molecule has 5 rings (SSSR count). The molecule has 1 N–H and O–H groups in total. The number of pyridine rings is 1. The number of carbonyl (C=O) groups excluding carboxylic acids is 1. The van der Waals surface area contributed by atoms with Gasteiger partial charge in [0.1, 0.15) is 0 Å². The molecule has 2 aromatic heterocycles. The highest BCUT2D eigenvalue weighted by molar-refractivity contribution is 6.05. The standard InChI is InChI=1S/C27H22N4O/c32-27(24-15-7-13-22-14-8-16-28-26(22)24)29-17-23-19-31(18-20-9-3-1-4-10-20)30-25(23)21-11-5-2-6-12-21/h1-16,19H,17-18H2,(H,29,32). The quantitative estimate of drug-likeness (QED) is 0.418. The third-order valence-electron chi connectivity index (χ3n) is 5.39. The monoisotopic (exact) mass is 418 g/mol. The van der Waals surface area contributed by atoms with Gasteiger partial charge in [-0.15, -0.1) is 0 Å². The Morgan fingerprint density at radius 2 is 1.59 bits per heavy atom. The molecule has 0 saturated heterocycles. The fourth-order valence-electron chi connectivity index (χ4n) is 3.84. The SMILES string of the molecule is O=C(NCc1cn(Cc2ccccc2)nc1-c1ccccc1)c1cccc2cccnc12. The van der Waals surface area contributed by atoms with Crippen LogP contribution < -0.4 is 5.32 Å². The van der Waals surface area contributed by atoms with Gasteiger partial charge in [0, 0.05) is 35.5 Å². The predicted octanol–water partition coefficient (Wildman–Crippen LogP) is 5.08. The smallest absolute Gasteiger partial charge is 0.253 e. The largest absolute Gasteiger partial charge is 0.348 e. The fourth-order valence-corrected chi connectivity index (χ4v) is 3.84. The Morgan fingerprint density at radius 3 is 2.41 bits per heavy atom. The molecule has 156 valence electrons. The molecular weight excluding hydrogens is 396 g/mol. The maximum atomic E-state index is 13.0. The molecule has 0 bridgehead atoms. The minimum absolute atomic E-state index is 0.149. The van der Waals surface area contributed by atoms with Crippen molar-refractivity contribution in [2.75, 3.05) is 0 Å². The summed E-state index contributed by atoms with van der Waals surface area (Å²) >= 11 is 0. The van der Waals surface area contributed by atoms with Gasteiger partial charge >= 0.3 is 0 Å². The second kappa shape index (κ2) is 8.86. The summed E-state index contributed by atoms with van der Waals surface area (Å²) in [7, 11) is 0. The number of nitrogens with one attached hydrogen (secondary N) is 1. The lowest BCUT2D eigenvalue weighted by Gasteiger charge is -2.08. The van der Waals surface area contributed by atoms with Crippen LogP contribution in [0.3, 0.4) is 0 Å². The Balaban J connectivity index is 1.42. The normalized spacial score (nSPS) is 10.9. The van der Waals surface area contributed by atoms with Gasteiger partial charge in [-0.05, 0) is 17.7 Å². The van der Waals surface area contributed by atoms with Gasteiger partial charge in [-0.1, -0.05) is 78.9 Å². The van der Waals surface area contributed by atoms with E-state index < -0.39 is 0 Å². The van der Waals surface area contributed by atoms with Crippen molar-refractivity contribution < 1.29 is 4.79 Å². The Morgan fingerprint density at radius 1 is 0.844 bits per heavy atom. The number of hydrogen-bond donors (Lipinski definition) is 1. The topological polar surface area (TPSA) is 59.8 Å². The Labute approximate surface area is 186 Å². The first-order chi connectivity index (χ1) is 15.8. The van der Waals surface area contributed by atoms with Gasteiger partial charge < -0.3 is 5.32 Å². The van der Waals surface area contributed by atoms with Gasteiger partial charge in [-0.2, -0.15) is 5.10 Å². The fraction of sp³-hybridized carbons (Fsp3) is 0.0741. The molecule has 2 heterocycles. The molecule has 1 amide bonds. The van der Waals surface area contributed by atoms with E-state index in [2.05, 4.69) is 22.4 Å². The van der Waals surface area contributed by atoms with Crippen molar-refractivity contribution in [1.82, 2.24) is 20.1 Å². The molecule has 0 aliphatic heterocycles. The Hall–Kier alpha value is -4.25. The zero-order chi connectivity index (χ0) is 21.8. The number of aromatic nitrogens is 3. The lowest BCUT2D eigenvalue weighted by atomic mass is 10.1. The van der Waals surface area contributed by atoms with E-state index in [9.17, 15) is 4.79 Å². The van der Waals surface area contributed by atoms with E-state index in [1.54, 1.807) is 6.20 Å². The first-order valence-corrected chi connectivity index (χ1v) is 10.6. The van der Waals surface area contributed by atoms with E-state index in [0.717, 1.165) is 22.2 Å². The van der Waals surface area contributed by atoms with Crippen molar-refractivity contribution in [3.05, 3.63) is 120 Å². The van der Waals surface area contributed by atoms with Crippen LogP contribution in [0.1, 0.15) is 21.5 Å². The summed E-state index contributed by atoms with van der Waals surface area (Å²) in [5.41, 5.74) is 5.31. The Kier molecular flexibility index (Phi) is 5.45. The zero-order valence-corrected chi connectivity index (χ0v) is 17.5. The van der Waals surface area contributed by atoms with Gasteiger partial charge in [0.05, 0.1) is 23.3 Å². The molecular formula is C27H22N4O. The number of nitrogens with zero attached hydrogens (tertiary/aromatic N) is 3. The molecule has 0 unspecified atom stereocenters. The average Bonchev–Trinajstić information content (AvgIpc) is 3.26. The van der Waals surface area contributed by atoms with Crippen LogP contribution in [-0.2, 0) is 13.1 Å². The van der Waals surface area contributed by atoms with Crippen LogP contribution in [0, 0.1) is 0 Å². The maximum Gasteiger partial charge on any atom is 0.253 e. The lowest BCUT2D eigenvalue weighted by molar-refractivity contribution is 0.0952. The van der Waals surface area contributed by atoms with E-state index in [-0.39, 0.29) is 5.91 Å². The summed E-state index contributed by atoms with van der Waals surface area (Å²) in [5, 5.41) is 8.84. The first kappa shape index (κ1) is 19.7. The molecule has 0 spiro atoms. The van der Waals surface area contributed by atoms with Crippen LogP contribution in [0.2, 0.25) is 0 Å². The molecule has 32 heavy (non-hydrogen) atoms. The van der Waals surface area contributed by atoms with E-state index in [1.165, 1.54) is 5.56 Å². The second-order valence-corrected chi connectivity index (χ2v) is 7.62. The second-order valence-electron chi connectivity index (χ2n) is 7.62. The summed E-state index contributed by atoms with van der Waals surface area (Å²) in [6, 6.07) is 29.7. The van der Waals surface area contributed by atoms with Crippen molar-refractivity contribution in [3.8, 4) is 11.3 Å². The number of amides is 1. The van der Waals surface area contributed by atoms with Crippen molar-refractivity contribution >= 4 is 16.8 Å². The number of hydrogen-bond acceptors (Lipinski definition) is 3. The molecule has 3 aromatic carbocycles. The van der Waals surface area contributed by atoms with Gasteiger partial charge in [0.15, 0.2) is 0 Å². The van der Waals surface area contributed by atoms with Crippen LogP contribution in [-0.4, -0.2) is 20.7 Å². The summed E-state index contributed by atoms with van der Waals surface area (Å²) in [6.45, 7) is 1.04. The molecule has 0 aliphatic carbocycles. The van der Waals surface area contributed by atoms with Crippen molar-refractivity contribution in [2.24, 2.45) is 0 Å². The van der Waals surface area contributed by atoms with E-state index in [0.29, 0.717) is 24.2 Å². The van der Waals surface area contributed by atoms with Gasteiger partial charge in [0.25, 0.3) is 5.91 Å². The summed E-state index contributed by atoms with van der Waals surface area (Å²) in [4.78, 5) is 17.4. The number of fused-ring (bicyclic) bond motifs is 1. The molecule has 5 nitrogen and oxygen atoms in total. The van der Waals surface area contributed by atoms with Crippen molar-refractivity contribution in [1.29, 1.82) is 0 Å².